The van der Waals surface area contributed by atoms with Crippen molar-refractivity contribution in [2.75, 3.05) is 0 Å². The Balaban J connectivity index is 2.16. The highest BCUT2D eigenvalue weighted by molar-refractivity contribution is 5.44. The molecule has 3 heteroatoms. The summed E-state index contributed by atoms with van der Waals surface area (Å²) in [6.45, 7) is 6.51. The number of benzene rings is 2. The lowest BCUT2D eigenvalue weighted by atomic mass is 9.96. The summed E-state index contributed by atoms with van der Waals surface area (Å²) >= 11 is 0. The van der Waals surface area contributed by atoms with Crippen molar-refractivity contribution in [2.45, 2.75) is 45.9 Å². The van der Waals surface area contributed by atoms with Gasteiger partial charge < -0.3 is 15.6 Å². The summed E-state index contributed by atoms with van der Waals surface area (Å²) in [6.07, 6.45) is 0.126. The van der Waals surface area contributed by atoms with Gasteiger partial charge in [-0.05, 0) is 42.5 Å². The van der Waals surface area contributed by atoms with Crippen LogP contribution in [0.25, 0.3) is 0 Å². The van der Waals surface area contributed by atoms with Crippen molar-refractivity contribution < 1.29 is 9.84 Å². The molecule has 2 aromatic rings. The van der Waals surface area contributed by atoms with Crippen LogP contribution in [0, 0.1) is 13.8 Å². The van der Waals surface area contributed by atoms with Crippen LogP contribution in [0.15, 0.2) is 42.5 Å². The van der Waals surface area contributed by atoms with Crippen molar-refractivity contribution >= 4 is 0 Å². The topological polar surface area (TPSA) is 55.5 Å². The van der Waals surface area contributed by atoms with Crippen molar-refractivity contribution in [3.05, 3.63) is 64.7 Å². The van der Waals surface area contributed by atoms with E-state index in [4.69, 9.17) is 10.5 Å². The molecule has 0 radical (unpaired) electrons. The highest BCUT2D eigenvalue weighted by Crippen LogP contribution is 2.29. The standard InChI is InChI=1S/C19H25NO2/c1-4-17(21)18(20)16-10-13(2)19(14(3)11-16)22-12-15-8-6-5-7-9-15/h5-11,17-18,21H,4,12,20H2,1-3H3/t17-,18+/m0/s1. The highest BCUT2D eigenvalue weighted by Gasteiger charge is 2.17. The van der Waals surface area contributed by atoms with E-state index in [0.29, 0.717) is 13.0 Å². The fourth-order valence-electron chi connectivity index (χ4n) is 2.61. The SMILES string of the molecule is CC[C@H](O)[C@H](N)c1cc(C)c(OCc2ccccc2)c(C)c1. The molecular formula is C19H25NO2. The molecule has 2 atom stereocenters. The maximum atomic E-state index is 9.93. The van der Waals surface area contributed by atoms with Crippen LogP contribution in [0.5, 0.6) is 5.75 Å². The van der Waals surface area contributed by atoms with Gasteiger partial charge in [0, 0.05) is 0 Å². The number of ether oxygens (including phenoxy) is 1. The molecule has 0 saturated carbocycles. The first kappa shape index (κ1) is 16.5. The molecule has 0 saturated heterocycles. The monoisotopic (exact) mass is 299 g/mol. The third-order valence-electron chi connectivity index (χ3n) is 3.93. The highest BCUT2D eigenvalue weighted by atomic mass is 16.5. The molecular weight excluding hydrogens is 274 g/mol. The van der Waals surface area contributed by atoms with Gasteiger partial charge in [-0.1, -0.05) is 49.4 Å². The summed E-state index contributed by atoms with van der Waals surface area (Å²) < 4.78 is 5.97. The zero-order valence-corrected chi connectivity index (χ0v) is 13.5. The lowest BCUT2D eigenvalue weighted by Crippen LogP contribution is -2.25. The van der Waals surface area contributed by atoms with E-state index in [2.05, 4.69) is 0 Å². The van der Waals surface area contributed by atoms with Gasteiger partial charge in [0.2, 0.25) is 0 Å². The molecule has 3 nitrogen and oxygen atoms in total. The first-order valence-electron chi connectivity index (χ1n) is 7.74. The quantitative estimate of drug-likeness (QED) is 0.856. The van der Waals surface area contributed by atoms with Crippen LogP contribution in [0.3, 0.4) is 0 Å². The van der Waals surface area contributed by atoms with E-state index < -0.39 is 6.10 Å². The molecule has 0 spiro atoms. The van der Waals surface area contributed by atoms with Gasteiger partial charge in [0.15, 0.2) is 0 Å². The van der Waals surface area contributed by atoms with Gasteiger partial charge in [-0.2, -0.15) is 0 Å². The van der Waals surface area contributed by atoms with Crippen LogP contribution in [0.1, 0.15) is 41.6 Å². The fraction of sp³-hybridized carbons (Fsp3) is 0.368. The number of nitrogens with two attached hydrogens (primary N) is 1. The van der Waals surface area contributed by atoms with Crippen molar-refractivity contribution in [3.8, 4) is 5.75 Å². The van der Waals surface area contributed by atoms with E-state index in [9.17, 15) is 5.11 Å². The summed E-state index contributed by atoms with van der Waals surface area (Å²) in [6, 6.07) is 13.8. The minimum absolute atomic E-state index is 0.356. The van der Waals surface area contributed by atoms with E-state index in [1.54, 1.807) is 0 Å². The molecule has 0 fully saturated rings. The Morgan fingerprint density at radius 3 is 2.23 bits per heavy atom. The Kier molecular flexibility index (Phi) is 5.58. The van der Waals surface area contributed by atoms with Gasteiger partial charge in [0.1, 0.15) is 12.4 Å². The van der Waals surface area contributed by atoms with Gasteiger partial charge in [0.05, 0.1) is 12.1 Å². The average molecular weight is 299 g/mol. The van der Waals surface area contributed by atoms with Crippen molar-refractivity contribution in [1.29, 1.82) is 0 Å². The molecule has 0 bridgehead atoms. The molecule has 0 aliphatic heterocycles. The van der Waals surface area contributed by atoms with E-state index in [0.717, 1.165) is 28.0 Å². The van der Waals surface area contributed by atoms with Crippen LogP contribution in [-0.4, -0.2) is 11.2 Å². The Labute approximate surface area is 132 Å². The third kappa shape index (κ3) is 3.87. The molecule has 2 rings (SSSR count). The number of aryl methyl sites for hydroxylation is 2. The Bertz CT molecular complexity index is 587. The maximum absolute atomic E-state index is 9.93. The smallest absolute Gasteiger partial charge is 0.125 e. The summed E-state index contributed by atoms with van der Waals surface area (Å²) in [5.74, 6) is 0.894. The zero-order chi connectivity index (χ0) is 16.1. The molecule has 0 aliphatic rings. The van der Waals surface area contributed by atoms with Gasteiger partial charge in [-0.15, -0.1) is 0 Å². The molecule has 0 amide bonds. The lowest BCUT2D eigenvalue weighted by Gasteiger charge is -2.20. The van der Waals surface area contributed by atoms with E-state index in [1.807, 2.05) is 63.2 Å². The zero-order valence-electron chi connectivity index (χ0n) is 13.5. The lowest BCUT2D eigenvalue weighted by molar-refractivity contribution is 0.140. The van der Waals surface area contributed by atoms with Gasteiger partial charge >= 0.3 is 0 Å². The predicted octanol–water partition coefficient (Wildman–Crippen LogP) is 3.65. The van der Waals surface area contributed by atoms with E-state index >= 15 is 0 Å². The van der Waals surface area contributed by atoms with Gasteiger partial charge in [0.25, 0.3) is 0 Å². The third-order valence-corrected chi connectivity index (χ3v) is 3.93. The summed E-state index contributed by atoms with van der Waals surface area (Å²) in [7, 11) is 0. The second-order valence-electron chi connectivity index (χ2n) is 5.76. The molecule has 0 heterocycles. The second-order valence-corrected chi connectivity index (χ2v) is 5.76. The van der Waals surface area contributed by atoms with E-state index in [-0.39, 0.29) is 6.04 Å². The molecule has 2 aromatic carbocycles. The number of aliphatic hydroxyl groups is 1. The van der Waals surface area contributed by atoms with Crippen LogP contribution < -0.4 is 10.5 Å². The fourth-order valence-corrected chi connectivity index (χ4v) is 2.61. The number of hydrogen-bond acceptors (Lipinski definition) is 3. The molecule has 22 heavy (non-hydrogen) atoms. The first-order valence-corrected chi connectivity index (χ1v) is 7.74. The first-order chi connectivity index (χ1) is 10.5. The Morgan fingerprint density at radius 2 is 1.68 bits per heavy atom. The summed E-state index contributed by atoms with van der Waals surface area (Å²) in [5.41, 5.74) is 10.3. The molecule has 0 aromatic heterocycles. The van der Waals surface area contributed by atoms with Gasteiger partial charge in [-0.25, -0.2) is 0 Å². The number of rotatable bonds is 6. The predicted molar refractivity (Wildman–Crippen MR) is 89.9 cm³/mol. The Morgan fingerprint density at radius 1 is 1.09 bits per heavy atom. The largest absolute Gasteiger partial charge is 0.488 e. The second kappa shape index (κ2) is 7.43. The maximum Gasteiger partial charge on any atom is 0.125 e. The summed E-state index contributed by atoms with van der Waals surface area (Å²) in [4.78, 5) is 0. The number of aliphatic hydroxyl groups excluding tert-OH is 1. The molecule has 3 N–H and O–H groups in total. The van der Waals surface area contributed by atoms with Crippen molar-refractivity contribution in [1.82, 2.24) is 0 Å². The molecule has 0 unspecified atom stereocenters. The van der Waals surface area contributed by atoms with Crippen LogP contribution >= 0.6 is 0 Å². The van der Waals surface area contributed by atoms with Crippen molar-refractivity contribution in [2.24, 2.45) is 5.73 Å². The molecule has 0 aliphatic carbocycles. The number of hydrogen-bond donors (Lipinski definition) is 2. The summed E-state index contributed by atoms with van der Waals surface area (Å²) in [5, 5.41) is 9.93. The van der Waals surface area contributed by atoms with Crippen molar-refractivity contribution in [3.63, 3.8) is 0 Å². The van der Waals surface area contributed by atoms with Gasteiger partial charge in [-0.3, -0.25) is 0 Å². The van der Waals surface area contributed by atoms with Crippen LogP contribution in [0.4, 0.5) is 0 Å². The molecule has 118 valence electrons. The Hall–Kier alpha value is -1.84. The minimum Gasteiger partial charge on any atom is -0.488 e. The average Bonchev–Trinajstić information content (AvgIpc) is 2.53. The van der Waals surface area contributed by atoms with Crippen LogP contribution in [0.2, 0.25) is 0 Å². The minimum atomic E-state index is -0.519. The normalized spacial score (nSPS) is 13.7. The van der Waals surface area contributed by atoms with Crippen LogP contribution in [-0.2, 0) is 6.61 Å². The van der Waals surface area contributed by atoms with E-state index in [1.165, 1.54) is 0 Å².